The number of carboxylic acids is 1. The molecule has 1 rings (SSSR count). The van der Waals surface area contributed by atoms with Gasteiger partial charge in [-0.2, -0.15) is 0 Å². The molecule has 0 saturated carbocycles. The Morgan fingerprint density at radius 3 is 2.92 bits per heavy atom. The third kappa shape index (κ3) is 3.21. The average molecular weight is 180 g/mol. The highest BCUT2D eigenvalue weighted by molar-refractivity contribution is 5.72. The molecule has 70 valence electrons. The molecule has 3 N–H and O–H groups in total. The number of hydrogen-bond donors (Lipinski definition) is 2. The molecule has 0 bridgehead atoms. The number of nitrogens with zero attached hydrogens (tertiary/aromatic N) is 1. The molecular weight excluding hydrogens is 168 g/mol. The van der Waals surface area contributed by atoms with Gasteiger partial charge in [-0.25, -0.2) is 0 Å². The molecule has 0 aliphatic heterocycles. The first-order valence-electron chi connectivity index (χ1n) is 4.08. The van der Waals surface area contributed by atoms with Gasteiger partial charge in [0, 0.05) is 11.9 Å². The van der Waals surface area contributed by atoms with Gasteiger partial charge in [0.15, 0.2) is 0 Å². The zero-order valence-electron chi connectivity index (χ0n) is 7.18. The van der Waals surface area contributed by atoms with Crippen LogP contribution in [-0.2, 0) is 11.2 Å². The predicted molar refractivity (Wildman–Crippen MR) is 48.2 cm³/mol. The lowest BCUT2D eigenvalue weighted by Gasteiger charge is -2.04. The molecule has 0 spiro atoms. The first kappa shape index (κ1) is 9.67. The number of rotatable bonds is 4. The van der Waals surface area contributed by atoms with Crippen molar-refractivity contribution >= 4 is 5.97 Å². The molecule has 4 heteroatoms. The van der Waals surface area contributed by atoms with Crippen molar-refractivity contribution in [1.82, 2.24) is 4.98 Å². The number of aliphatic carboxylic acids is 1. The van der Waals surface area contributed by atoms with E-state index >= 15 is 0 Å². The molecule has 1 atom stereocenters. The highest BCUT2D eigenvalue weighted by Crippen LogP contribution is 2.00. The van der Waals surface area contributed by atoms with Gasteiger partial charge >= 0.3 is 5.97 Å². The quantitative estimate of drug-likeness (QED) is 0.704. The number of carbonyl (C=O) groups is 1. The topological polar surface area (TPSA) is 76.2 Å². The Bertz CT molecular complexity index is 274. The van der Waals surface area contributed by atoms with Crippen molar-refractivity contribution in [2.75, 3.05) is 0 Å². The van der Waals surface area contributed by atoms with Crippen molar-refractivity contribution < 1.29 is 9.90 Å². The minimum absolute atomic E-state index is 0.423. The van der Waals surface area contributed by atoms with Gasteiger partial charge in [-0.1, -0.05) is 6.07 Å². The van der Waals surface area contributed by atoms with Crippen LogP contribution in [0.2, 0.25) is 0 Å². The van der Waals surface area contributed by atoms with Crippen molar-refractivity contribution in [2.24, 2.45) is 5.73 Å². The molecule has 0 aliphatic rings. The fourth-order valence-electron chi connectivity index (χ4n) is 0.973. The van der Waals surface area contributed by atoms with E-state index in [1.54, 1.807) is 6.20 Å². The van der Waals surface area contributed by atoms with Crippen molar-refractivity contribution in [2.45, 2.75) is 18.9 Å². The highest BCUT2D eigenvalue weighted by atomic mass is 16.4. The van der Waals surface area contributed by atoms with Gasteiger partial charge in [-0.3, -0.25) is 9.78 Å². The van der Waals surface area contributed by atoms with Crippen LogP contribution in [0.25, 0.3) is 0 Å². The van der Waals surface area contributed by atoms with E-state index in [1.165, 1.54) is 0 Å². The SMILES string of the molecule is N[C@@H](CCc1ccccn1)C(=O)O. The van der Waals surface area contributed by atoms with Gasteiger partial charge in [0.2, 0.25) is 0 Å². The highest BCUT2D eigenvalue weighted by Gasteiger charge is 2.10. The Kier molecular flexibility index (Phi) is 3.40. The Labute approximate surface area is 76.4 Å². The number of hydrogen-bond acceptors (Lipinski definition) is 3. The Hall–Kier alpha value is -1.42. The molecular formula is C9H12N2O2. The smallest absolute Gasteiger partial charge is 0.320 e. The van der Waals surface area contributed by atoms with Crippen LogP contribution in [0.3, 0.4) is 0 Å². The summed E-state index contributed by atoms with van der Waals surface area (Å²) in [5.74, 6) is -0.962. The molecule has 13 heavy (non-hydrogen) atoms. The number of pyridine rings is 1. The molecule has 0 saturated heterocycles. The maximum absolute atomic E-state index is 10.4. The Morgan fingerprint density at radius 2 is 2.38 bits per heavy atom. The van der Waals surface area contributed by atoms with Crippen molar-refractivity contribution in [3.05, 3.63) is 30.1 Å². The molecule has 4 nitrogen and oxygen atoms in total. The average Bonchev–Trinajstić information content (AvgIpc) is 2.15. The lowest BCUT2D eigenvalue weighted by atomic mass is 10.1. The van der Waals surface area contributed by atoms with Gasteiger partial charge in [0.25, 0.3) is 0 Å². The van der Waals surface area contributed by atoms with Crippen LogP contribution in [0, 0.1) is 0 Å². The summed E-state index contributed by atoms with van der Waals surface area (Å²) in [5.41, 5.74) is 6.21. The number of aromatic nitrogens is 1. The molecule has 0 aliphatic carbocycles. The number of carboxylic acid groups (broad SMARTS) is 1. The van der Waals surface area contributed by atoms with Gasteiger partial charge in [-0.15, -0.1) is 0 Å². The monoisotopic (exact) mass is 180 g/mol. The molecule has 0 fully saturated rings. The van der Waals surface area contributed by atoms with E-state index in [9.17, 15) is 4.79 Å². The third-order valence-corrected chi connectivity index (χ3v) is 1.75. The van der Waals surface area contributed by atoms with Gasteiger partial charge < -0.3 is 10.8 Å². The van der Waals surface area contributed by atoms with E-state index in [2.05, 4.69) is 4.98 Å². The second-order valence-electron chi connectivity index (χ2n) is 2.80. The zero-order valence-corrected chi connectivity index (χ0v) is 7.18. The summed E-state index contributed by atoms with van der Waals surface area (Å²) in [6.45, 7) is 0. The maximum atomic E-state index is 10.4. The molecule has 0 amide bonds. The summed E-state index contributed by atoms with van der Waals surface area (Å²) >= 11 is 0. The van der Waals surface area contributed by atoms with E-state index in [-0.39, 0.29) is 0 Å². The minimum atomic E-state index is -0.962. The second-order valence-corrected chi connectivity index (χ2v) is 2.80. The van der Waals surface area contributed by atoms with E-state index < -0.39 is 12.0 Å². The fourth-order valence-corrected chi connectivity index (χ4v) is 0.973. The van der Waals surface area contributed by atoms with E-state index in [0.29, 0.717) is 12.8 Å². The van der Waals surface area contributed by atoms with Crippen LogP contribution < -0.4 is 5.73 Å². The molecule has 1 aromatic rings. The summed E-state index contributed by atoms with van der Waals surface area (Å²) in [6, 6.07) is 4.76. The molecule has 1 aromatic heterocycles. The first-order valence-corrected chi connectivity index (χ1v) is 4.08. The molecule has 0 aromatic carbocycles. The first-order chi connectivity index (χ1) is 6.20. The summed E-state index contributed by atoms with van der Waals surface area (Å²) in [5, 5.41) is 8.51. The van der Waals surface area contributed by atoms with Crippen molar-refractivity contribution in [3.63, 3.8) is 0 Å². The van der Waals surface area contributed by atoms with Crippen LogP contribution in [0.1, 0.15) is 12.1 Å². The zero-order chi connectivity index (χ0) is 9.68. The lowest BCUT2D eigenvalue weighted by molar-refractivity contribution is -0.138. The minimum Gasteiger partial charge on any atom is -0.480 e. The number of aryl methyl sites for hydroxylation is 1. The van der Waals surface area contributed by atoms with Crippen LogP contribution >= 0.6 is 0 Å². The summed E-state index contributed by atoms with van der Waals surface area (Å²) in [7, 11) is 0. The second kappa shape index (κ2) is 4.57. The van der Waals surface area contributed by atoms with Gasteiger partial charge in [0.1, 0.15) is 6.04 Å². The summed E-state index contributed by atoms with van der Waals surface area (Å²) in [6.07, 6.45) is 2.71. The Morgan fingerprint density at radius 1 is 1.62 bits per heavy atom. The van der Waals surface area contributed by atoms with Crippen LogP contribution in [0.5, 0.6) is 0 Å². The maximum Gasteiger partial charge on any atom is 0.320 e. The third-order valence-electron chi connectivity index (χ3n) is 1.75. The van der Waals surface area contributed by atoms with Crippen molar-refractivity contribution in [1.29, 1.82) is 0 Å². The normalized spacial score (nSPS) is 12.4. The van der Waals surface area contributed by atoms with Gasteiger partial charge in [-0.05, 0) is 25.0 Å². The van der Waals surface area contributed by atoms with Crippen LogP contribution in [-0.4, -0.2) is 22.1 Å². The summed E-state index contributed by atoms with van der Waals surface area (Å²) in [4.78, 5) is 14.4. The lowest BCUT2D eigenvalue weighted by Crippen LogP contribution is -2.30. The largest absolute Gasteiger partial charge is 0.480 e. The van der Waals surface area contributed by atoms with E-state index in [1.807, 2.05) is 18.2 Å². The van der Waals surface area contributed by atoms with Crippen LogP contribution in [0.4, 0.5) is 0 Å². The number of nitrogens with two attached hydrogens (primary N) is 1. The molecule has 1 heterocycles. The van der Waals surface area contributed by atoms with Crippen molar-refractivity contribution in [3.8, 4) is 0 Å². The van der Waals surface area contributed by atoms with E-state index in [4.69, 9.17) is 10.8 Å². The predicted octanol–water partition coefficient (Wildman–Crippen LogP) is 0.426. The standard InChI is InChI=1S/C9H12N2O2/c10-8(9(12)13)5-4-7-3-1-2-6-11-7/h1-3,6,8H,4-5,10H2,(H,12,13)/t8-/m0/s1. The fraction of sp³-hybridized carbons (Fsp3) is 0.333. The molecule has 0 radical (unpaired) electrons. The molecule has 0 unspecified atom stereocenters. The summed E-state index contributed by atoms with van der Waals surface area (Å²) < 4.78 is 0. The Balaban J connectivity index is 2.39. The van der Waals surface area contributed by atoms with Gasteiger partial charge in [0.05, 0.1) is 0 Å². The van der Waals surface area contributed by atoms with Crippen LogP contribution in [0.15, 0.2) is 24.4 Å². The van der Waals surface area contributed by atoms with E-state index in [0.717, 1.165) is 5.69 Å².